The number of hydrogen-bond donors (Lipinski definition) is 13. The molecule has 0 aliphatic carbocycles. The number of nitrogens with one attached hydrogen (secondary N) is 7. The van der Waals surface area contributed by atoms with Crippen LogP contribution in [-0.4, -0.2) is 141 Å². The van der Waals surface area contributed by atoms with Crippen LogP contribution in [0.25, 0.3) is 0 Å². The highest BCUT2D eigenvalue weighted by Gasteiger charge is 2.35. The highest BCUT2D eigenvalue weighted by molar-refractivity contribution is 5.98. The van der Waals surface area contributed by atoms with Crippen molar-refractivity contribution >= 4 is 59.2 Å². The number of carbonyl (C=O) groups is 10. The lowest BCUT2D eigenvalue weighted by Gasteiger charge is -2.29. The third-order valence-electron chi connectivity index (χ3n) is 9.77. The van der Waals surface area contributed by atoms with Gasteiger partial charge in [-0.2, -0.15) is 0 Å². The van der Waals surface area contributed by atoms with Crippen LogP contribution in [-0.2, 0) is 54.4 Å². The SMILES string of the molecule is CC(C)C[C@H](NC(=O)[C@H](CO)NC(=O)[C@H](CCC(=O)O)NC(=O)[C@@H](N)CO)C(=O)N[C@@H](CCC(N)=O)C(=O)N[C@@H](CC(C)C)C(=O)N[C@H](C(=O)N[C@@H](Cc1ccccc1)C(=O)O)C(C)C. The summed E-state index contributed by atoms with van der Waals surface area (Å²) < 4.78 is 0. The zero-order valence-electron chi connectivity index (χ0n) is 37.6. The number of amides is 8. The molecule has 0 heterocycles. The van der Waals surface area contributed by atoms with Crippen LogP contribution in [0.15, 0.2) is 30.3 Å². The molecule has 15 N–H and O–H groups in total. The maximum atomic E-state index is 13.9. The first-order chi connectivity index (χ1) is 30.4. The number of aliphatic carboxylic acids is 2. The predicted octanol–water partition coefficient (Wildman–Crippen LogP) is -3.10. The quantitative estimate of drug-likeness (QED) is 0.0364. The van der Waals surface area contributed by atoms with Crippen LogP contribution in [0.5, 0.6) is 0 Å². The fourth-order valence-corrected chi connectivity index (χ4v) is 6.24. The van der Waals surface area contributed by atoms with Gasteiger partial charge in [-0.05, 0) is 49.0 Å². The van der Waals surface area contributed by atoms with Crippen molar-refractivity contribution in [2.45, 2.75) is 135 Å². The maximum absolute atomic E-state index is 13.9. The zero-order chi connectivity index (χ0) is 49.6. The largest absolute Gasteiger partial charge is 0.481 e. The number of hydrogen-bond acceptors (Lipinski definition) is 13. The van der Waals surface area contributed by atoms with Crippen LogP contribution >= 0.6 is 0 Å². The second-order valence-electron chi connectivity index (χ2n) is 16.8. The van der Waals surface area contributed by atoms with E-state index in [4.69, 9.17) is 16.6 Å². The molecule has 1 rings (SSSR count). The molecule has 0 aliphatic heterocycles. The normalized spacial score (nSPS) is 14.9. The lowest BCUT2D eigenvalue weighted by Crippen LogP contribution is -2.61. The van der Waals surface area contributed by atoms with Crippen molar-refractivity contribution in [3.63, 3.8) is 0 Å². The van der Waals surface area contributed by atoms with Gasteiger partial charge in [0.25, 0.3) is 0 Å². The number of carboxylic acids is 2. The summed E-state index contributed by atoms with van der Waals surface area (Å²) in [7, 11) is 0. The second-order valence-corrected chi connectivity index (χ2v) is 16.8. The van der Waals surface area contributed by atoms with Crippen molar-refractivity contribution in [3.05, 3.63) is 35.9 Å². The molecule has 1 aromatic rings. The van der Waals surface area contributed by atoms with E-state index in [-0.39, 0.29) is 37.5 Å². The summed E-state index contributed by atoms with van der Waals surface area (Å²) in [6, 6.07) is -3.04. The van der Waals surface area contributed by atoms with Gasteiger partial charge in [0.05, 0.1) is 13.2 Å². The number of carbonyl (C=O) groups excluding carboxylic acids is 8. The summed E-state index contributed by atoms with van der Waals surface area (Å²) in [5, 5.41) is 55.2. The van der Waals surface area contributed by atoms with Crippen molar-refractivity contribution in [2.75, 3.05) is 13.2 Å². The Morgan fingerprint density at radius 3 is 1.37 bits per heavy atom. The van der Waals surface area contributed by atoms with Crippen molar-refractivity contribution < 1.29 is 68.4 Å². The van der Waals surface area contributed by atoms with Gasteiger partial charge in [0.2, 0.25) is 47.3 Å². The van der Waals surface area contributed by atoms with Crippen LogP contribution in [0.1, 0.15) is 85.6 Å². The van der Waals surface area contributed by atoms with Crippen LogP contribution in [0.2, 0.25) is 0 Å². The molecule has 0 unspecified atom stereocenters. The molecule has 0 spiro atoms. The Morgan fingerprint density at radius 2 is 0.938 bits per heavy atom. The van der Waals surface area contributed by atoms with Crippen molar-refractivity contribution in [1.29, 1.82) is 0 Å². The molecular weight excluding hydrogens is 855 g/mol. The molecule has 0 bridgehead atoms. The first-order valence-electron chi connectivity index (χ1n) is 21.3. The Bertz CT molecular complexity index is 1800. The molecule has 0 saturated carbocycles. The number of nitrogens with two attached hydrogens (primary N) is 2. The average Bonchev–Trinajstić information content (AvgIpc) is 3.22. The van der Waals surface area contributed by atoms with E-state index >= 15 is 0 Å². The molecule has 23 nitrogen and oxygen atoms in total. The molecule has 8 amide bonds. The molecular formula is C42H67N9O14. The van der Waals surface area contributed by atoms with Gasteiger partial charge in [-0.1, -0.05) is 71.9 Å². The Labute approximate surface area is 377 Å². The highest BCUT2D eigenvalue weighted by atomic mass is 16.4. The monoisotopic (exact) mass is 921 g/mol. The van der Waals surface area contributed by atoms with E-state index in [9.17, 15) is 63.3 Å². The van der Waals surface area contributed by atoms with E-state index in [0.717, 1.165) is 0 Å². The van der Waals surface area contributed by atoms with E-state index in [2.05, 4.69) is 37.2 Å². The number of aliphatic hydroxyl groups is 2. The van der Waals surface area contributed by atoms with E-state index < -0.39 is 146 Å². The minimum atomic E-state index is -1.75. The number of aliphatic hydroxyl groups excluding tert-OH is 2. The van der Waals surface area contributed by atoms with Gasteiger partial charge in [-0.3, -0.25) is 43.2 Å². The first kappa shape index (κ1) is 56.8. The third kappa shape index (κ3) is 21.4. The molecule has 0 aromatic heterocycles. The van der Waals surface area contributed by atoms with Crippen LogP contribution in [0.3, 0.4) is 0 Å². The lowest BCUT2D eigenvalue weighted by atomic mass is 9.98. The van der Waals surface area contributed by atoms with E-state index in [1.165, 1.54) is 0 Å². The summed E-state index contributed by atoms with van der Waals surface area (Å²) in [6.45, 7) is 8.34. The van der Waals surface area contributed by atoms with Crippen LogP contribution in [0.4, 0.5) is 0 Å². The smallest absolute Gasteiger partial charge is 0.326 e. The zero-order valence-corrected chi connectivity index (χ0v) is 37.6. The van der Waals surface area contributed by atoms with Gasteiger partial charge in [-0.15, -0.1) is 0 Å². The third-order valence-corrected chi connectivity index (χ3v) is 9.77. The molecule has 0 fully saturated rings. The van der Waals surface area contributed by atoms with E-state index in [1.807, 2.05) is 0 Å². The van der Waals surface area contributed by atoms with E-state index in [1.54, 1.807) is 71.9 Å². The molecule has 0 radical (unpaired) electrons. The average molecular weight is 922 g/mol. The Morgan fingerprint density at radius 1 is 0.523 bits per heavy atom. The predicted molar refractivity (Wildman–Crippen MR) is 232 cm³/mol. The Kier molecular flexibility index (Phi) is 25.0. The van der Waals surface area contributed by atoms with Crippen molar-refractivity contribution in [2.24, 2.45) is 29.2 Å². The molecule has 8 atom stereocenters. The molecule has 1 aromatic carbocycles. The minimum Gasteiger partial charge on any atom is -0.481 e. The van der Waals surface area contributed by atoms with Gasteiger partial charge in [-0.25, -0.2) is 4.79 Å². The Balaban J connectivity index is 3.33. The summed E-state index contributed by atoms with van der Waals surface area (Å²) in [5.41, 5.74) is 11.5. The lowest BCUT2D eigenvalue weighted by molar-refractivity contribution is -0.142. The molecule has 23 heteroatoms. The number of benzene rings is 1. The minimum absolute atomic E-state index is 0.0294. The van der Waals surface area contributed by atoms with Crippen molar-refractivity contribution in [1.82, 2.24) is 37.2 Å². The topological polar surface area (TPSA) is 388 Å². The summed E-state index contributed by atoms with van der Waals surface area (Å²) >= 11 is 0. The standard InChI is InChI=1S/C42H67N9O14/c1-21(2)16-28(48-40(62)31(20-53)50-37(59)27(13-15-33(55)56)45-35(57)25(43)19-52)38(60)46-26(12-14-32(44)54)36(58)47-29(17-22(3)4)39(61)51-34(23(5)6)41(63)49-30(42(64)65)18-24-10-8-7-9-11-24/h7-11,21-23,25-31,34,52-53H,12-20,43H2,1-6H3,(H2,44,54)(H,45,57)(H,46,60)(H,47,58)(H,48,62)(H,49,63)(H,50,59)(H,51,61)(H,55,56)(H,64,65)/t25-,26-,27-,28-,29-,30-,31-,34-/m0/s1. The van der Waals surface area contributed by atoms with Gasteiger partial charge < -0.3 is 69.1 Å². The maximum Gasteiger partial charge on any atom is 0.326 e. The second kappa shape index (κ2) is 28.6. The highest BCUT2D eigenvalue weighted by Crippen LogP contribution is 2.12. The summed E-state index contributed by atoms with van der Waals surface area (Å²) in [6.07, 6.45) is -1.91. The molecule has 65 heavy (non-hydrogen) atoms. The van der Waals surface area contributed by atoms with Gasteiger partial charge in [0.1, 0.15) is 48.3 Å². The molecule has 0 saturated heterocycles. The van der Waals surface area contributed by atoms with E-state index in [0.29, 0.717) is 5.56 Å². The van der Waals surface area contributed by atoms with Crippen LogP contribution < -0.4 is 48.7 Å². The number of carboxylic acid groups (broad SMARTS) is 2. The fraction of sp³-hybridized carbons (Fsp3) is 0.619. The van der Waals surface area contributed by atoms with Gasteiger partial charge >= 0.3 is 11.9 Å². The fourth-order valence-electron chi connectivity index (χ4n) is 6.24. The van der Waals surface area contributed by atoms with Crippen LogP contribution in [0, 0.1) is 17.8 Å². The number of rotatable bonds is 30. The summed E-state index contributed by atoms with van der Waals surface area (Å²) in [5.74, 6) is -11.2. The molecule has 0 aliphatic rings. The first-order valence-corrected chi connectivity index (χ1v) is 21.3. The summed E-state index contributed by atoms with van der Waals surface area (Å²) in [4.78, 5) is 129. The van der Waals surface area contributed by atoms with Crippen molar-refractivity contribution in [3.8, 4) is 0 Å². The van der Waals surface area contributed by atoms with Gasteiger partial charge in [0, 0.05) is 19.3 Å². The Hall–Kier alpha value is -6.20. The number of primary amides is 1. The van der Waals surface area contributed by atoms with Gasteiger partial charge in [0.15, 0.2) is 0 Å². The molecule has 364 valence electrons.